The lowest BCUT2D eigenvalue weighted by Gasteiger charge is -2.33. The van der Waals surface area contributed by atoms with Crippen LogP contribution in [-0.2, 0) is 12.0 Å². The van der Waals surface area contributed by atoms with Crippen molar-refractivity contribution in [3.63, 3.8) is 0 Å². The van der Waals surface area contributed by atoms with Gasteiger partial charge in [-0.2, -0.15) is 0 Å². The summed E-state index contributed by atoms with van der Waals surface area (Å²) in [6.07, 6.45) is 3.64. The van der Waals surface area contributed by atoms with E-state index in [4.69, 9.17) is 0 Å². The van der Waals surface area contributed by atoms with E-state index in [1.165, 1.54) is 35.5 Å². The molecule has 0 bridgehead atoms. The highest BCUT2D eigenvalue weighted by atomic mass is 32.2. The van der Waals surface area contributed by atoms with Crippen molar-refractivity contribution < 1.29 is 5.11 Å². The fourth-order valence-electron chi connectivity index (χ4n) is 3.07. The van der Waals surface area contributed by atoms with E-state index < -0.39 is 5.60 Å². The van der Waals surface area contributed by atoms with Gasteiger partial charge in [-0.3, -0.25) is 0 Å². The molecule has 1 fully saturated rings. The molecule has 1 aromatic carbocycles. The molecule has 0 aromatic heterocycles. The molecule has 1 aliphatic heterocycles. The predicted molar refractivity (Wildman–Crippen MR) is 76.0 cm³/mol. The summed E-state index contributed by atoms with van der Waals surface area (Å²) < 4.78 is 0. The van der Waals surface area contributed by atoms with Gasteiger partial charge in [-0.15, -0.1) is 11.8 Å². The molecule has 1 saturated carbocycles. The van der Waals surface area contributed by atoms with Gasteiger partial charge in [0.15, 0.2) is 0 Å². The van der Waals surface area contributed by atoms with Crippen LogP contribution in [-0.4, -0.2) is 23.9 Å². The highest BCUT2D eigenvalue weighted by molar-refractivity contribution is 7.99. The number of hydrogen-bond acceptors (Lipinski definition) is 3. The Morgan fingerprint density at radius 2 is 2.22 bits per heavy atom. The zero-order chi connectivity index (χ0) is 12.8. The molecule has 0 saturated heterocycles. The van der Waals surface area contributed by atoms with E-state index in [2.05, 4.69) is 23.5 Å². The third-order valence-corrected chi connectivity index (χ3v) is 5.39. The quantitative estimate of drug-likeness (QED) is 0.875. The Morgan fingerprint density at radius 1 is 1.44 bits per heavy atom. The van der Waals surface area contributed by atoms with Crippen molar-refractivity contribution in [2.24, 2.45) is 5.92 Å². The maximum absolute atomic E-state index is 10.9. The standard InChI is InChI=1S/C15H21NOS/c1-15(17,14(16-2)11-3-4-11)12-6-5-10-7-8-18-13(10)9-12/h5-6,9,11,14,16-17H,3-4,7-8H2,1-2H3. The summed E-state index contributed by atoms with van der Waals surface area (Å²) in [5.41, 5.74) is 1.72. The monoisotopic (exact) mass is 263 g/mol. The molecule has 2 aliphatic rings. The summed E-state index contributed by atoms with van der Waals surface area (Å²) in [6.45, 7) is 1.95. The lowest BCUT2D eigenvalue weighted by atomic mass is 9.85. The first-order valence-corrected chi connectivity index (χ1v) is 7.77. The van der Waals surface area contributed by atoms with Gasteiger partial charge in [-0.1, -0.05) is 12.1 Å². The van der Waals surface area contributed by atoms with Crippen molar-refractivity contribution >= 4 is 11.8 Å². The Kier molecular flexibility index (Phi) is 3.16. The largest absolute Gasteiger partial charge is 0.384 e. The normalized spacial score (nSPS) is 23.5. The second-order valence-corrected chi connectivity index (χ2v) is 6.81. The van der Waals surface area contributed by atoms with E-state index in [0.717, 1.165) is 5.56 Å². The van der Waals surface area contributed by atoms with Crippen LogP contribution < -0.4 is 5.32 Å². The van der Waals surface area contributed by atoms with Crippen molar-refractivity contribution in [3.05, 3.63) is 29.3 Å². The number of thioether (sulfide) groups is 1. The van der Waals surface area contributed by atoms with Crippen LogP contribution in [0.5, 0.6) is 0 Å². The first kappa shape index (κ1) is 12.5. The molecule has 2 atom stereocenters. The number of aryl methyl sites for hydroxylation is 1. The number of rotatable bonds is 4. The maximum Gasteiger partial charge on any atom is 0.102 e. The van der Waals surface area contributed by atoms with Crippen LogP contribution >= 0.6 is 11.8 Å². The molecule has 2 N–H and O–H groups in total. The van der Waals surface area contributed by atoms with Crippen molar-refractivity contribution in [2.75, 3.05) is 12.8 Å². The molecule has 1 heterocycles. The molecule has 98 valence electrons. The molecule has 2 nitrogen and oxygen atoms in total. The highest BCUT2D eigenvalue weighted by Gasteiger charge is 2.43. The Hall–Kier alpha value is -0.510. The molecule has 3 heteroatoms. The zero-order valence-corrected chi connectivity index (χ0v) is 11.9. The van der Waals surface area contributed by atoms with Gasteiger partial charge in [-0.05, 0) is 56.3 Å². The topological polar surface area (TPSA) is 32.3 Å². The molecular weight excluding hydrogens is 242 g/mol. The van der Waals surface area contributed by atoms with Crippen molar-refractivity contribution in [1.82, 2.24) is 5.32 Å². The Bertz CT molecular complexity index is 454. The van der Waals surface area contributed by atoms with E-state index >= 15 is 0 Å². The van der Waals surface area contributed by atoms with Gasteiger partial charge in [0.25, 0.3) is 0 Å². The SMILES string of the molecule is CNC(C1CC1)C(C)(O)c1ccc2c(c1)SCC2. The highest BCUT2D eigenvalue weighted by Crippen LogP contribution is 2.42. The minimum atomic E-state index is -0.770. The van der Waals surface area contributed by atoms with E-state index in [0.29, 0.717) is 5.92 Å². The number of hydrogen-bond donors (Lipinski definition) is 2. The summed E-state index contributed by atoms with van der Waals surface area (Å²) >= 11 is 1.91. The molecular formula is C15H21NOS. The first-order valence-electron chi connectivity index (χ1n) is 6.79. The van der Waals surface area contributed by atoms with E-state index in [9.17, 15) is 5.11 Å². The van der Waals surface area contributed by atoms with Crippen LogP contribution in [0.1, 0.15) is 30.9 Å². The first-order chi connectivity index (χ1) is 8.63. The second kappa shape index (κ2) is 4.55. The van der Waals surface area contributed by atoms with Gasteiger partial charge in [0.1, 0.15) is 5.60 Å². The number of likely N-dealkylation sites (N-methyl/N-ethyl adjacent to an activating group) is 1. The maximum atomic E-state index is 10.9. The van der Waals surface area contributed by atoms with Crippen molar-refractivity contribution in [2.45, 2.75) is 42.7 Å². The van der Waals surface area contributed by atoms with Gasteiger partial charge in [0.2, 0.25) is 0 Å². The number of fused-ring (bicyclic) bond motifs is 1. The number of nitrogens with one attached hydrogen (secondary N) is 1. The van der Waals surface area contributed by atoms with Crippen LogP contribution in [0.15, 0.2) is 23.1 Å². The van der Waals surface area contributed by atoms with Crippen LogP contribution in [0.3, 0.4) is 0 Å². The van der Waals surface area contributed by atoms with Crippen LogP contribution in [0.25, 0.3) is 0 Å². The Labute approximate surface area is 113 Å². The van der Waals surface area contributed by atoms with Gasteiger partial charge in [-0.25, -0.2) is 0 Å². The molecule has 0 radical (unpaired) electrons. The smallest absolute Gasteiger partial charge is 0.102 e. The number of benzene rings is 1. The van der Waals surface area contributed by atoms with Crippen LogP contribution in [0.2, 0.25) is 0 Å². The van der Waals surface area contributed by atoms with Gasteiger partial charge in [0.05, 0.1) is 0 Å². The van der Waals surface area contributed by atoms with Gasteiger partial charge >= 0.3 is 0 Å². The van der Waals surface area contributed by atoms with E-state index in [1.807, 2.05) is 25.7 Å². The molecule has 3 rings (SSSR count). The predicted octanol–water partition coefficient (Wildman–Crippen LogP) is 2.54. The van der Waals surface area contributed by atoms with E-state index in [1.54, 1.807) is 0 Å². The zero-order valence-electron chi connectivity index (χ0n) is 11.1. The summed E-state index contributed by atoms with van der Waals surface area (Å²) in [7, 11) is 1.96. The third-order valence-electron chi connectivity index (χ3n) is 4.29. The minimum absolute atomic E-state index is 0.168. The van der Waals surface area contributed by atoms with Gasteiger partial charge < -0.3 is 10.4 Å². The van der Waals surface area contributed by atoms with Crippen molar-refractivity contribution in [3.8, 4) is 0 Å². The Morgan fingerprint density at radius 3 is 2.89 bits per heavy atom. The van der Waals surface area contributed by atoms with Crippen LogP contribution in [0.4, 0.5) is 0 Å². The van der Waals surface area contributed by atoms with E-state index in [-0.39, 0.29) is 6.04 Å². The fraction of sp³-hybridized carbons (Fsp3) is 0.600. The molecule has 0 amide bonds. The summed E-state index contributed by atoms with van der Waals surface area (Å²) in [5, 5.41) is 14.2. The third kappa shape index (κ3) is 2.09. The fourth-order valence-corrected chi connectivity index (χ4v) is 4.17. The molecule has 2 unspecified atom stereocenters. The average Bonchev–Trinajstić information content (AvgIpc) is 3.06. The van der Waals surface area contributed by atoms with Crippen molar-refractivity contribution in [1.29, 1.82) is 0 Å². The van der Waals surface area contributed by atoms with Crippen LogP contribution in [0, 0.1) is 5.92 Å². The Balaban J connectivity index is 1.92. The lowest BCUT2D eigenvalue weighted by molar-refractivity contribution is 0.00947. The average molecular weight is 263 g/mol. The molecule has 1 aliphatic carbocycles. The number of aliphatic hydroxyl groups is 1. The second-order valence-electron chi connectivity index (χ2n) is 5.67. The summed E-state index contributed by atoms with van der Waals surface area (Å²) in [4.78, 5) is 1.36. The summed E-state index contributed by atoms with van der Waals surface area (Å²) in [5.74, 6) is 1.81. The minimum Gasteiger partial charge on any atom is -0.384 e. The summed E-state index contributed by atoms with van der Waals surface area (Å²) in [6, 6.07) is 6.66. The lowest BCUT2D eigenvalue weighted by Crippen LogP contribution is -2.46. The molecule has 1 aromatic rings. The molecule has 18 heavy (non-hydrogen) atoms. The van der Waals surface area contributed by atoms with Gasteiger partial charge in [0, 0.05) is 16.7 Å². The molecule has 0 spiro atoms.